The highest BCUT2D eigenvalue weighted by molar-refractivity contribution is 5.31. The normalized spacial score (nSPS) is 43.8. The van der Waals surface area contributed by atoms with Crippen molar-refractivity contribution >= 4 is 0 Å². The Balaban J connectivity index is 1.98. The SMILES string of the molecule is CC1(C)O[C@]23C[C@H]1CC[C@]2(C)CCC=C3CCCO. The van der Waals surface area contributed by atoms with E-state index in [1.807, 2.05) is 0 Å². The van der Waals surface area contributed by atoms with Gasteiger partial charge in [-0.2, -0.15) is 0 Å². The first kappa shape index (κ1) is 13.6. The molecule has 0 unspecified atom stereocenters. The zero-order chi connectivity index (χ0) is 13.7. The van der Waals surface area contributed by atoms with Crippen molar-refractivity contribution in [2.24, 2.45) is 11.3 Å². The van der Waals surface area contributed by atoms with Crippen molar-refractivity contribution in [2.75, 3.05) is 6.61 Å². The second-order valence-corrected chi connectivity index (χ2v) is 7.63. The molecule has 0 amide bonds. The lowest BCUT2D eigenvalue weighted by Gasteiger charge is -2.52. The van der Waals surface area contributed by atoms with Crippen molar-refractivity contribution in [1.82, 2.24) is 0 Å². The van der Waals surface area contributed by atoms with Crippen LogP contribution >= 0.6 is 0 Å². The molecule has 0 aromatic rings. The second-order valence-electron chi connectivity index (χ2n) is 7.63. The largest absolute Gasteiger partial charge is 0.396 e. The van der Waals surface area contributed by atoms with Crippen molar-refractivity contribution in [3.8, 4) is 0 Å². The number of ether oxygens (including phenoxy) is 1. The van der Waals surface area contributed by atoms with Gasteiger partial charge in [-0.25, -0.2) is 0 Å². The van der Waals surface area contributed by atoms with Crippen LogP contribution in [-0.2, 0) is 4.74 Å². The van der Waals surface area contributed by atoms with E-state index in [4.69, 9.17) is 9.84 Å². The van der Waals surface area contributed by atoms with Gasteiger partial charge >= 0.3 is 0 Å². The second kappa shape index (κ2) is 4.33. The molecule has 1 aliphatic heterocycles. The van der Waals surface area contributed by atoms with Gasteiger partial charge < -0.3 is 9.84 Å². The number of hydrogen-bond donors (Lipinski definition) is 1. The van der Waals surface area contributed by atoms with Crippen LogP contribution < -0.4 is 0 Å². The minimum absolute atomic E-state index is 0.0210. The number of aliphatic hydroxyl groups is 1. The van der Waals surface area contributed by atoms with Crippen molar-refractivity contribution in [1.29, 1.82) is 0 Å². The molecular weight excluding hydrogens is 236 g/mol. The van der Waals surface area contributed by atoms with Gasteiger partial charge in [0.25, 0.3) is 0 Å². The van der Waals surface area contributed by atoms with Crippen LogP contribution in [0.3, 0.4) is 0 Å². The third-order valence-corrected chi connectivity index (χ3v) is 6.18. The first-order valence-electron chi connectivity index (χ1n) is 7.94. The van der Waals surface area contributed by atoms with Gasteiger partial charge in [0.1, 0.15) is 0 Å². The van der Waals surface area contributed by atoms with Gasteiger partial charge in [-0.1, -0.05) is 13.0 Å². The summed E-state index contributed by atoms with van der Waals surface area (Å²) in [5.74, 6) is 0.705. The Morgan fingerprint density at radius 2 is 2.11 bits per heavy atom. The first-order valence-corrected chi connectivity index (χ1v) is 7.94. The van der Waals surface area contributed by atoms with E-state index in [0.717, 1.165) is 12.8 Å². The first-order chi connectivity index (χ1) is 8.94. The third kappa shape index (κ3) is 1.83. The van der Waals surface area contributed by atoms with E-state index in [9.17, 15) is 0 Å². The van der Waals surface area contributed by atoms with Crippen LogP contribution in [0.4, 0.5) is 0 Å². The number of allylic oxidation sites excluding steroid dienone is 1. The molecule has 1 saturated carbocycles. The minimum atomic E-state index is -0.0210. The van der Waals surface area contributed by atoms with Crippen LogP contribution in [0.2, 0.25) is 0 Å². The fourth-order valence-corrected chi connectivity index (χ4v) is 4.90. The van der Waals surface area contributed by atoms with Crippen LogP contribution in [0, 0.1) is 11.3 Å². The maximum absolute atomic E-state index is 9.16. The van der Waals surface area contributed by atoms with Gasteiger partial charge in [0.2, 0.25) is 0 Å². The predicted octanol–water partition coefficient (Wildman–Crippen LogP) is 3.83. The molecule has 1 N–H and O–H groups in total. The third-order valence-electron chi connectivity index (χ3n) is 6.18. The fourth-order valence-electron chi connectivity index (χ4n) is 4.90. The summed E-state index contributed by atoms with van der Waals surface area (Å²) < 4.78 is 6.73. The average molecular weight is 264 g/mol. The lowest BCUT2D eigenvalue weighted by Crippen LogP contribution is -2.51. The van der Waals surface area contributed by atoms with Gasteiger partial charge in [0, 0.05) is 12.0 Å². The summed E-state index contributed by atoms with van der Waals surface area (Å²) in [5, 5.41) is 9.16. The molecule has 2 bridgehead atoms. The van der Waals surface area contributed by atoms with Crippen molar-refractivity contribution in [3.05, 3.63) is 11.6 Å². The Morgan fingerprint density at radius 3 is 2.84 bits per heavy atom. The van der Waals surface area contributed by atoms with E-state index in [1.54, 1.807) is 0 Å². The lowest BCUT2D eigenvalue weighted by atomic mass is 9.55. The average Bonchev–Trinajstić information content (AvgIpc) is 2.58. The molecule has 108 valence electrons. The highest BCUT2D eigenvalue weighted by atomic mass is 16.5. The minimum Gasteiger partial charge on any atom is -0.396 e. The van der Waals surface area contributed by atoms with E-state index in [1.165, 1.54) is 37.7 Å². The van der Waals surface area contributed by atoms with Crippen molar-refractivity contribution in [2.45, 2.75) is 76.9 Å². The summed E-state index contributed by atoms with van der Waals surface area (Å²) in [6, 6.07) is 0. The number of fused-ring (bicyclic) bond motifs is 1. The molecule has 3 rings (SSSR count). The monoisotopic (exact) mass is 264 g/mol. The maximum atomic E-state index is 9.16. The van der Waals surface area contributed by atoms with Crippen LogP contribution in [0.15, 0.2) is 11.6 Å². The Morgan fingerprint density at radius 1 is 1.32 bits per heavy atom. The van der Waals surface area contributed by atoms with Gasteiger partial charge in [0.05, 0.1) is 11.2 Å². The van der Waals surface area contributed by atoms with Gasteiger partial charge in [-0.05, 0) is 70.3 Å². The number of aliphatic hydroxyl groups excluding tert-OH is 1. The van der Waals surface area contributed by atoms with Crippen molar-refractivity contribution in [3.63, 3.8) is 0 Å². The Hall–Kier alpha value is -0.340. The van der Waals surface area contributed by atoms with Gasteiger partial charge in [-0.15, -0.1) is 0 Å². The molecule has 0 aromatic carbocycles. The van der Waals surface area contributed by atoms with Gasteiger partial charge in [0.15, 0.2) is 0 Å². The van der Waals surface area contributed by atoms with E-state index >= 15 is 0 Å². The van der Waals surface area contributed by atoms with Crippen LogP contribution in [0.25, 0.3) is 0 Å². The fraction of sp³-hybridized carbons (Fsp3) is 0.882. The molecule has 2 nitrogen and oxygen atoms in total. The Labute approximate surface area is 117 Å². The highest BCUT2D eigenvalue weighted by Gasteiger charge is 2.64. The smallest absolute Gasteiger partial charge is 0.0955 e. The van der Waals surface area contributed by atoms with Crippen LogP contribution in [0.1, 0.15) is 65.7 Å². The highest BCUT2D eigenvalue weighted by Crippen LogP contribution is 2.64. The Kier molecular flexibility index (Phi) is 3.10. The molecule has 1 spiro atoms. The molecular formula is C17H28O2. The standard InChI is InChI=1S/C17H28O2/c1-15(2)14-8-10-16(3)9-4-6-13(7-5-11-18)17(16,12-14)19-15/h6,14,18H,4-5,7-12H2,1-3H3/t14-,16+,17+/m1/s1. The summed E-state index contributed by atoms with van der Waals surface area (Å²) in [5.41, 5.74) is 1.81. The van der Waals surface area contributed by atoms with E-state index < -0.39 is 0 Å². The van der Waals surface area contributed by atoms with Crippen LogP contribution in [0.5, 0.6) is 0 Å². The van der Waals surface area contributed by atoms with Gasteiger partial charge in [-0.3, -0.25) is 0 Å². The molecule has 1 heterocycles. The molecule has 2 fully saturated rings. The predicted molar refractivity (Wildman–Crippen MR) is 77.0 cm³/mol. The zero-order valence-corrected chi connectivity index (χ0v) is 12.7. The quantitative estimate of drug-likeness (QED) is 0.785. The molecule has 0 aromatic heterocycles. The van der Waals surface area contributed by atoms with Crippen LogP contribution in [-0.4, -0.2) is 22.9 Å². The number of hydrogen-bond acceptors (Lipinski definition) is 2. The number of rotatable bonds is 3. The Bertz CT molecular complexity index is 398. The molecule has 2 heteroatoms. The lowest BCUT2D eigenvalue weighted by molar-refractivity contribution is -0.132. The molecule has 3 atom stereocenters. The molecule has 1 saturated heterocycles. The van der Waals surface area contributed by atoms with E-state index in [2.05, 4.69) is 26.8 Å². The summed E-state index contributed by atoms with van der Waals surface area (Å²) in [7, 11) is 0. The molecule has 3 aliphatic rings. The summed E-state index contributed by atoms with van der Waals surface area (Å²) in [6.45, 7) is 7.28. The molecule has 0 radical (unpaired) electrons. The van der Waals surface area contributed by atoms with Crippen molar-refractivity contribution < 1.29 is 9.84 Å². The topological polar surface area (TPSA) is 29.5 Å². The summed E-state index contributed by atoms with van der Waals surface area (Å²) in [4.78, 5) is 0. The van der Waals surface area contributed by atoms with E-state index in [0.29, 0.717) is 11.3 Å². The summed E-state index contributed by atoms with van der Waals surface area (Å²) in [6.07, 6.45) is 10.6. The summed E-state index contributed by atoms with van der Waals surface area (Å²) >= 11 is 0. The molecule has 2 aliphatic carbocycles. The molecule has 19 heavy (non-hydrogen) atoms. The van der Waals surface area contributed by atoms with E-state index in [-0.39, 0.29) is 17.8 Å². The maximum Gasteiger partial charge on any atom is 0.0955 e. The zero-order valence-electron chi connectivity index (χ0n) is 12.7.